The van der Waals surface area contributed by atoms with Gasteiger partial charge in [-0.15, -0.1) is 0 Å². The zero-order valence-corrected chi connectivity index (χ0v) is 10.0. The van der Waals surface area contributed by atoms with Crippen molar-refractivity contribution in [3.8, 4) is 0 Å². The molecular weight excluding hydrogens is 266 g/mol. The molecule has 0 saturated heterocycles. The van der Waals surface area contributed by atoms with Crippen LogP contribution in [-0.2, 0) is 11.3 Å². The Morgan fingerprint density at radius 3 is 2.42 bits per heavy atom. The second kappa shape index (κ2) is 7.42. The number of aliphatic hydroxyl groups is 1. The van der Waals surface area contributed by atoms with Crippen molar-refractivity contribution in [1.82, 2.24) is 5.32 Å². The molecule has 0 aliphatic rings. The highest BCUT2D eigenvalue weighted by molar-refractivity contribution is 5.14. The molecule has 0 amide bonds. The molecular formula is C12H15F4NO2. The molecule has 1 aromatic rings. The number of aliphatic hydroxyl groups excluding tert-OH is 1. The van der Waals surface area contributed by atoms with Crippen LogP contribution in [-0.4, -0.2) is 36.9 Å². The van der Waals surface area contributed by atoms with Crippen molar-refractivity contribution in [1.29, 1.82) is 0 Å². The number of alkyl halides is 4. The van der Waals surface area contributed by atoms with E-state index in [4.69, 9.17) is 0 Å². The molecule has 0 aliphatic carbocycles. The molecule has 1 atom stereocenters. The van der Waals surface area contributed by atoms with Gasteiger partial charge in [-0.05, 0) is 5.56 Å². The first kappa shape index (κ1) is 15.9. The van der Waals surface area contributed by atoms with Gasteiger partial charge in [0.15, 0.2) is 0 Å². The van der Waals surface area contributed by atoms with Crippen LogP contribution in [0.25, 0.3) is 0 Å². The van der Waals surface area contributed by atoms with Crippen molar-refractivity contribution in [3.63, 3.8) is 0 Å². The van der Waals surface area contributed by atoms with Gasteiger partial charge in [-0.1, -0.05) is 30.3 Å². The highest BCUT2D eigenvalue weighted by Gasteiger charge is 2.42. The van der Waals surface area contributed by atoms with Gasteiger partial charge in [-0.3, -0.25) is 0 Å². The number of halogens is 4. The lowest BCUT2D eigenvalue weighted by molar-refractivity contribution is -0.306. The number of hydrogen-bond donors (Lipinski definition) is 2. The monoisotopic (exact) mass is 281 g/mol. The summed E-state index contributed by atoms with van der Waals surface area (Å²) in [6.07, 6.45) is -9.72. The number of nitrogens with one attached hydrogen (secondary N) is 1. The fourth-order valence-corrected chi connectivity index (χ4v) is 1.31. The normalized spacial score (nSPS) is 13.8. The average molecular weight is 281 g/mol. The van der Waals surface area contributed by atoms with Crippen LogP contribution < -0.4 is 5.32 Å². The van der Waals surface area contributed by atoms with E-state index in [2.05, 4.69) is 10.1 Å². The van der Waals surface area contributed by atoms with Crippen LogP contribution >= 0.6 is 0 Å². The minimum Gasteiger partial charge on any atom is -0.389 e. The molecule has 0 bridgehead atoms. The molecule has 0 radical (unpaired) electrons. The molecule has 108 valence electrons. The lowest BCUT2D eigenvalue weighted by atomic mass is 10.2. The maximum atomic E-state index is 12.4. The summed E-state index contributed by atoms with van der Waals surface area (Å²) in [6, 6.07) is 9.21. The summed E-state index contributed by atoms with van der Waals surface area (Å²) in [5, 5.41) is 12.1. The number of rotatable bonds is 8. The van der Waals surface area contributed by atoms with Gasteiger partial charge in [0.2, 0.25) is 0 Å². The van der Waals surface area contributed by atoms with Gasteiger partial charge in [-0.25, -0.2) is 8.78 Å². The highest BCUT2D eigenvalue weighted by Crippen LogP contribution is 2.23. The van der Waals surface area contributed by atoms with Crippen LogP contribution in [0.4, 0.5) is 17.6 Å². The molecule has 0 heterocycles. The first-order chi connectivity index (χ1) is 8.92. The van der Waals surface area contributed by atoms with Crippen LogP contribution in [0.1, 0.15) is 5.56 Å². The predicted octanol–water partition coefficient (Wildman–Crippen LogP) is 2.01. The Labute approximate surface area is 108 Å². The van der Waals surface area contributed by atoms with Crippen molar-refractivity contribution in [3.05, 3.63) is 35.9 Å². The smallest absolute Gasteiger partial charge is 0.389 e. The molecule has 1 aromatic carbocycles. The van der Waals surface area contributed by atoms with Gasteiger partial charge in [0.05, 0.1) is 12.7 Å². The Morgan fingerprint density at radius 2 is 1.84 bits per heavy atom. The lowest BCUT2D eigenvalue weighted by Crippen LogP contribution is -2.37. The molecule has 1 rings (SSSR count). The fourth-order valence-electron chi connectivity index (χ4n) is 1.31. The van der Waals surface area contributed by atoms with E-state index in [9.17, 15) is 22.7 Å². The molecule has 19 heavy (non-hydrogen) atoms. The van der Waals surface area contributed by atoms with Crippen molar-refractivity contribution in [2.45, 2.75) is 25.2 Å². The number of benzene rings is 1. The molecule has 2 N–H and O–H groups in total. The Bertz CT molecular complexity index is 362. The Kier molecular flexibility index (Phi) is 6.20. The van der Waals surface area contributed by atoms with Gasteiger partial charge in [0.1, 0.15) is 0 Å². The van der Waals surface area contributed by atoms with Crippen LogP contribution in [0.2, 0.25) is 0 Å². The minimum absolute atomic E-state index is 0.0335. The topological polar surface area (TPSA) is 41.5 Å². The van der Waals surface area contributed by atoms with E-state index in [0.717, 1.165) is 5.56 Å². The summed E-state index contributed by atoms with van der Waals surface area (Å²) in [7, 11) is 0. The van der Waals surface area contributed by atoms with E-state index in [0.29, 0.717) is 6.54 Å². The Morgan fingerprint density at radius 1 is 1.21 bits per heavy atom. The summed E-state index contributed by atoms with van der Waals surface area (Å²) in [6.45, 7) is -0.462. The van der Waals surface area contributed by atoms with Crippen LogP contribution in [0.15, 0.2) is 30.3 Å². The summed E-state index contributed by atoms with van der Waals surface area (Å²) in [4.78, 5) is 0. The van der Waals surface area contributed by atoms with Gasteiger partial charge < -0.3 is 15.2 Å². The van der Waals surface area contributed by atoms with E-state index in [1.807, 2.05) is 30.3 Å². The third-order valence-electron chi connectivity index (χ3n) is 2.27. The second-order valence-electron chi connectivity index (χ2n) is 3.94. The maximum Gasteiger partial charge on any atom is 0.416 e. The molecule has 0 fully saturated rings. The van der Waals surface area contributed by atoms with Gasteiger partial charge >= 0.3 is 12.5 Å². The van der Waals surface area contributed by atoms with Crippen molar-refractivity contribution in [2.75, 3.05) is 13.2 Å². The standard InChI is InChI=1S/C12H15F4NO2/c13-11(14)12(15,16)19-8-10(18)7-17-6-9-4-2-1-3-5-9/h1-5,10-11,17-18H,6-8H2/t10-/m0/s1. The Balaban J connectivity index is 2.20. The summed E-state index contributed by atoms with van der Waals surface area (Å²) >= 11 is 0. The first-order valence-electron chi connectivity index (χ1n) is 5.64. The Hall–Kier alpha value is -1.18. The molecule has 0 saturated carbocycles. The third-order valence-corrected chi connectivity index (χ3v) is 2.27. The quantitative estimate of drug-likeness (QED) is 0.716. The van der Waals surface area contributed by atoms with E-state index >= 15 is 0 Å². The summed E-state index contributed by atoms with van der Waals surface area (Å²) in [5.41, 5.74) is 0.952. The number of hydrogen-bond acceptors (Lipinski definition) is 3. The second-order valence-corrected chi connectivity index (χ2v) is 3.94. The van der Waals surface area contributed by atoms with E-state index in [-0.39, 0.29) is 6.54 Å². The van der Waals surface area contributed by atoms with Crippen molar-refractivity contribution < 1.29 is 27.4 Å². The molecule has 0 spiro atoms. The van der Waals surface area contributed by atoms with E-state index in [1.54, 1.807) is 0 Å². The largest absolute Gasteiger partial charge is 0.416 e. The lowest BCUT2D eigenvalue weighted by Gasteiger charge is -2.18. The zero-order chi connectivity index (χ0) is 14.3. The minimum atomic E-state index is -4.53. The van der Waals surface area contributed by atoms with Crippen molar-refractivity contribution >= 4 is 0 Å². The predicted molar refractivity (Wildman–Crippen MR) is 61.1 cm³/mol. The average Bonchev–Trinajstić information content (AvgIpc) is 2.37. The fraction of sp³-hybridized carbons (Fsp3) is 0.500. The zero-order valence-electron chi connectivity index (χ0n) is 10.0. The molecule has 3 nitrogen and oxygen atoms in total. The summed E-state index contributed by atoms with van der Waals surface area (Å²) in [5.74, 6) is 0. The maximum absolute atomic E-state index is 12.4. The van der Waals surface area contributed by atoms with Crippen LogP contribution in [0.5, 0.6) is 0 Å². The molecule has 0 aliphatic heterocycles. The third kappa shape index (κ3) is 6.00. The van der Waals surface area contributed by atoms with Crippen LogP contribution in [0.3, 0.4) is 0 Å². The highest BCUT2D eigenvalue weighted by atomic mass is 19.3. The molecule has 0 unspecified atom stereocenters. The van der Waals surface area contributed by atoms with E-state index < -0.39 is 25.2 Å². The van der Waals surface area contributed by atoms with Crippen molar-refractivity contribution in [2.24, 2.45) is 0 Å². The van der Waals surface area contributed by atoms with Crippen LogP contribution in [0, 0.1) is 0 Å². The van der Waals surface area contributed by atoms with Gasteiger partial charge in [0.25, 0.3) is 0 Å². The molecule has 7 heteroatoms. The number of ether oxygens (including phenoxy) is 1. The summed E-state index contributed by atoms with van der Waals surface area (Å²) < 4.78 is 52.0. The van der Waals surface area contributed by atoms with Gasteiger partial charge in [-0.2, -0.15) is 8.78 Å². The van der Waals surface area contributed by atoms with E-state index in [1.165, 1.54) is 0 Å². The SMILES string of the molecule is O[C@@H](CNCc1ccccc1)COC(F)(F)C(F)F. The first-order valence-corrected chi connectivity index (χ1v) is 5.64. The molecule has 0 aromatic heterocycles. The van der Waals surface area contributed by atoms with Gasteiger partial charge in [0, 0.05) is 13.1 Å².